The molecule has 0 atom stereocenters. The molecule has 3 rings (SSSR count). The molecular formula is C19H24N4O2. The monoisotopic (exact) mass is 340 g/mol. The van der Waals surface area contributed by atoms with Gasteiger partial charge in [-0.15, -0.1) is 0 Å². The number of nitrogens with zero attached hydrogens (tertiary/aromatic N) is 4. The van der Waals surface area contributed by atoms with Gasteiger partial charge in [-0.05, 0) is 37.1 Å². The van der Waals surface area contributed by atoms with Gasteiger partial charge in [0.05, 0.1) is 7.11 Å². The van der Waals surface area contributed by atoms with Crippen molar-refractivity contribution >= 4 is 11.7 Å². The predicted molar refractivity (Wildman–Crippen MR) is 96.9 cm³/mol. The second kappa shape index (κ2) is 7.96. The zero-order valence-corrected chi connectivity index (χ0v) is 14.8. The highest BCUT2D eigenvalue weighted by molar-refractivity contribution is 5.76. The van der Waals surface area contributed by atoms with Gasteiger partial charge in [0.15, 0.2) is 0 Å². The van der Waals surface area contributed by atoms with E-state index < -0.39 is 0 Å². The maximum absolute atomic E-state index is 12.4. The first-order valence-corrected chi connectivity index (χ1v) is 8.61. The number of methoxy groups -OCH3 is 1. The van der Waals surface area contributed by atoms with Crippen molar-refractivity contribution in [2.24, 2.45) is 0 Å². The molecule has 2 heterocycles. The molecule has 0 N–H and O–H groups in total. The highest BCUT2D eigenvalue weighted by Gasteiger charge is 2.21. The van der Waals surface area contributed by atoms with E-state index in [-0.39, 0.29) is 5.91 Å². The molecule has 1 fully saturated rings. The van der Waals surface area contributed by atoms with Crippen LogP contribution in [-0.4, -0.2) is 54.1 Å². The SMILES string of the molecule is COc1ccc(CCC(=O)N2CCN(c3ccnc(C)n3)CC2)cc1. The van der Waals surface area contributed by atoms with Crippen molar-refractivity contribution in [3.05, 3.63) is 47.9 Å². The first kappa shape index (κ1) is 17.2. The van der Waals surface area contributed by atoms with Gasteiger partial charge >= 0.3 is 0 Å². The van der Waals surface area contributed by atoms with Crippen LogP contribution in [-0.2, 0) is 11.2 Å². The van der Waals surface area contributed by atoms with Crippen LogP contribution in [0.5, 0.6) is 5.75 Å². The van der Waals surface area contributed by atoms with Gasteiger partial charge in [-0.2, -0.15) is 0 Å². The highest BCUT2D eigenvalue weighted by atomic mass is 16.5. The summed E-state index contributed by atoms with van der Waals surface area (Å²) < 4.78 is 5.15. The van der Waals surface area contributed by atoms with Gasteiger partial charge in [-0.3, -0.25) is 4.79 Å². The molecule has 2 aromatic rings. The number of carbonyl (C=O) groups excluding carboxylic acids is 1. The minimum Gasteiger partial charge on any atom is -0.497 e. The van der Waals surface area contributed by atoms with Crippen molar-refractivity contribution in [3.63, 3.8) is 0 Å². The quantitative estimate of drug-likeness (QED) is 0.834. The average molecular weight is 340 g/mol. The fourth-order valence-corrected chi connectivity index (χ4v) is 3.01. The van der Waals surface area contributed by atoms with E-state index in [2.05, 4.69) is 14.9 Å². The van der Waals surface area contributed by atoms with Crippen LogP contribution in [0.25, 0.3) is 0 Å². The predicted octanol–water partition coefficient (Wildman–Crippen LogP) is 2.08. The zero-order valence-electron chi connectivity index (χ0n) is 14.8. The molecule has 0 aliphatic carbocycles. The van der Waals surface area contributed by atoms with E-state index in [1.54, 1.807) is 13.3 Å². The minimum atomic E-state index is 0.217. The average Bonchev–Trinajstić information content (AvgIpc) is 2.66. The van der Waals surface area contributed by atoms with E-state index >= 15 is 0 Å². The Hall–Kier alpha value is -2.63. The summed E-state index contributed by atoms with van der Waals surface area (Å²) in [5.41, 5.74) is 1.16. The van der Waals surface area contributed by atoms with Crippen LogP contribution >= 0.6 is 0 Å². The second-order valence-corrected chi connectivity index (χ2v) is 6.18. The number of amides is 1. The molecule has 1 amide bonds. The number of anilines is 1. The van der Waals surface area contributed by atoms with Crippen molar-refractivity contribution in [1.29, 1.82) is 0 Å². The van der Waals surface area contributed by atoms with Crippen LogP contribution in [0.2, 0.25) is 0 Å². The smallest absolute Gasteiger partial charge is 0.223 e. The van der Waals surface area contributed by atoms with Crippen LogP contribution in [0.3, 0.4) is 0 Å². The summed E-state index contributed by atoms with van der Waals surface area (Å²) >= 11 is 0. The molecule has 6 heteroatoms. The van der Waals surface area contributed by atoms with E-state index in [1.165, 1.54) is 0 Å². The highest BCUT2D eigenvalue weighted by Crippen LogP contribution is 2.15. The lowest BCUT2D eigenvalue weighted by molar-refractivity contribution is -0.131. The summed E-state index contributed by atoms with van der Waals surface area (Å²) in [5, 5.41) is 0. The van der Waals surface area contributed by atoms with Gasteiger partial charge < -0.3 is 14.5 Å². The minimum absolute atomic E-state index is 0.217. The van der Waals surface area contributed by atoms with Gasteiger partial charge in [0, 0.05) is 38.8 Å². The Labute approximate surface area is 148 Å². The maximum atomic E-state index is 12.4. The number of benzene rings is 1. The second-order valence-electron chi connectivity index (χ2n) is 6.18. The van der Waals surface area contributed by atoms with Crippen LogP contribution in [0.1, 0.15) is 17.8 Å². The largest absolute Gasteiger partial charge is 0.497 e. The third-order valence-electron chi connectivity index (χ3n) is 4.50. The van der Waals surface area contributed by atoms with Crippen molar-refractivity contribution in [1.82, 2.24) is 14.9 Å². The Bertz CT molecular complexity index is 710. The molecule has 0 unspecified atom stereocenters. The molecule has 1 aliphatic heterocycles. The van der Waals surface area contributed by atoms with Gasteiger partial charge in [0.25, 0.3) is 0 Å². The van der Waals surface area contributed by atoms with Crippen LogP contribution < -0.4 is 9.64 Å². The van der Waals surface area contributed by atoms with Crippen LogP contribution in [0, 0.1) is 6.92 Å². The van der Waals surface area contributed by atoms with Crippen molar-refractivity contribution in [2.75, 3.05) is 38.2 Å². The molecule has 0 saturated carbocycles. The number of aryl methyl sites for hydroxylation is 2. The summed E-state index contributed by atoms with van der Waals surface area (Å²) in [6.07, 6.45) is 3.08. The summed E-state index contributed by atoms with van der Waals surface area (Å²) in [6, 6.07) is 9.82. The zero-order chi connectivity index (χ0) is 17.6. The molecular weight excluding hydrogens is 316 g/mol. The summed E-state index contributed by atoms with van der Waals surface area (Å²) in [6.45, 7) is 4.99. The Morgan fingerprint density at radius 1 is 1.12 bits per heavy atom. The van der Waals surface area contributed by atoms with Gasteiger partial charge in [0.2, 0.25) is 5.91 Å². The van der Waals surface area contributed by atoms with Crippen molar-refractivity contribution in [2.45, 2.75) is 19.8 Å². The number of piperazine rings is 1. The molecule has 25 heavy (non-hydrogen) atoms. The number of hydrogen-bond acceptors (Lipinski definition) is 5. The molecule has 1 aromatic carbocycles. The van der Waals surface area contributed by atoms with Crippen molar-refractivity contribution in [3.8, 4) is 5.75 Å². The van der Waals surface area contributed by atoms with Crippen LogP contribution in [0.15, 0.2) is 36.5 Å². The van der Waals surface area contributed by atoms with Gasteiger partial charge in [-0.1, -0.05) is 12.1 Å². The van der Waals surface area contributed by atoms with E-state index in [9.17, 15) is 4.79 Å². The molecule has 132 valence electrons. The number of hydrogen-bond donors (Lipinski definition) is 0. The standard InChI is InChI=1S/C19H24N4O2/c1-15-20-10-9-18(21-15)22-11-13-23(14-12-22)19(24)8-5-16-3-6-17(25-2)7-4-16/h3-4,6-7,9-10H,5,8,11-14H2,1-2H3. The molecule has 6 nitrogen and oxygen atoms in total. The summed E-state index contributed by atoms with van der Waals surface area (Å²) in [7, 11) is 1.65. The van der Waals surface area contributed by atoms with E-state index in [0.717, 1.165) is 55.6 Å². The number of rotatable bonds is 5. The fraction of sp³-hybridized carbons (Fsp3) is 0.421. The lowest BCUT2D eigenvalue weighted by Gasteiger charge is -2.35. The molecule has 1 saturated heterocycles. The summed E-state index contributed by atoms with van der Waals surface area (Å²) in [4.78, 5) is 25.2. The van der Waals surface area contributed by atoms with E-state index in [0.29, 0.717) is 6.42 Å². The normalized spacial score (nSPS) is 14.5. The topological polar surface area (TPSA) is 58.6 Å². The molecule has 1 aromatic heterocycles. The lowest BCUT2D eigenvalue weighted by atomic mass is 10.1. The molecule has 0 spiro atoms. The van der Waals surface area contributed by atoms with Crippen molar-refractivity contribution < 1.29 is 9.53 Å². The van der Waals surface area contributed by atoms with E-state index in [4.69, 9.17) is 4.74 Å². The summed E-state index contributed by atoms with van der Waals surface area (Å²) in [5.74, 6) is 2.77. The fourth-order valence-electron chi connectivity index (χ4n) is 3.01. The van der Waals surface area contributed by atoms with Gasteiger partial charge in [0.1, 0.15) is 17.4 Å². The third kappa shape index (κ3) is 4.47. The maximum Gasteiger partial charge on any atom is 0.223 e. The molecule has 0 radical (unpaired) electrons. The van der Waals surface area contributed by atoms with Gasteiger partial charge in [-0.25, -0.2) is 9.97 Å². The molecule has 1 aliphatic rings. The Balaban J connectivity index is 1.48. The first-order chi connectivity index (χ1) is 12.2. The Morgan fingerprint density at radius 3 is 2.48 bits per heavy atom. The lowest BCUT2D eigenvalue weighted by Crippen LogP contribution is -2.49. The Morgan fingerprint density at radius 2 is 1.84 bits per heavy atom. The number of carbonyl (C=O) groups is 1. The third-order valence-corrected chi connectivity index (χ3v) is 4.50. The number of ether oxygens (including phenoxy) is 1. The van der Waals surface area contributed by atoms with E-state index in [1.807, 2.05) is 42.2 Å². The van der Waals surface area contributed by atoms with Crippen LogP contribution in [0.4, 0.5) is 5.82 Å². The molecule has 0 bridgehead atoms. The Kier molecular flexibility index (Phi) is 5.48. The number of aromatic nitrogens is 2. The first-order valence-electron chi connectivity index (χ1n) is 8.61.